The van der Waals surface area contributed by atoms with Crippen molar-refractivity contribution in [3.05, 3.63) is 17.0 Å². The Hall–Kier alpha value is -0.640. The standard InChI is InChI=1S/C8H10F3NO3S2/c1-5-2-3-7(16-5)17(14,15)12-4-6(13)8(9,10)11/h2-3,6,12-13H,4H2,1H3. The number of aliphatic hydroxyl groups excluding tert-OH is 1. The van der Waals surface area contributed by atoms with Gasteiger partial charge >= 0.3 is 6.18 Å². The molecule has 0 aromatic carbocycles. The second-order valence-corrected chi connectivity index (χ2v) is 6.56. The second-order valence-electron chi connectivity index (χ2n) is 3.27. The number of sulfonamides is 1. The van der Waals surface area contributed by atoms with Gasteiger partial charge in [0.15, 0.2) is 6.10 Å². The number of alkyl halides is 3. The first-order valence-electron chi connectivity index (χ1n) is 4.44. The van der Waals surface area contributed by atoms with Crippen molar-refractivity contribution in [3.8, 4) is 0 Å². The van der Waals surface area contributed by atoms with Crippen LogP contribution in [0.25, 0.3) is 0 Å². The van der Waals surface area contributed by atoms with E-state index in [0.717, 1.165) is 16.2 Å². The molecule has 1 rings (SSSR count). The van der Waals surface area contributed by atoms with Crippen LogP contribution in [0.1, 0.15) is 4.88 Å². The average molecular weight is 289 g/mol. The summed E-state index contributed by atoms with van der Waals surface area (Å²) in [6, 6.07) is 2.84. The second kappa shape index (κ2) is 4.92. The minimum Gasteiger partial charge on any atom is -0.382 e. The van der Waals surface area contributed by atoms with Gasteiger partial charge in [-0.15, -0.1) is 11.3 Å². The van der Waals surface area contributed by atoms with Crippen molar-refractivity contribution in [2.75, 3.05) is 6.54 Å². The van der Waals surface area contributed by atoms with E-state index in [2.05, 4.69) is 0 Å². The Labute approximate surface area is 100 Å². The molecule has 4 nitrogen and oxygen atoms in total. The summed E-state index contributed by atoms with van der Waals surface area (Å²) in [5.74, 6) is 0. The van der Waals surface area contributed by atoms with E-state index in [1.54, 1.807) is 17.7 Å². The largest absolute Gasteiger partial charge is 0.415 e. The lowest BCUT2D eigenvalue weighted by Crippen LogP contribution is -2.40. The van der Waals surface area contributed by atoms with E-state index < -0.39 is 28.8 Å². The van der Waals surface area contributed by atoms with Gasteiger partial charge in [-0.05, 0) is 19.1 Å². The van der Waals surface area contributed by atoms with Crippen LogP contribution >= 0.6 is 11.3 Å². The van der Waals surface area contributed by atoms with Crippen molar-refractivity contribution >= 4 is 21.4 Å². The van der Waals surface area contributed by atoms with Crippen molar-refractivity contribution < 1.29 is 26.7 Å². The topological polar surface area (TPSA) is 66.4 Å². The molecule has 2 N–H and O–H groups in total. The normalized spacial score (nSPS) is 14.9. The zero-order valence-electron chi connectivity index (χ0n) is 8.65. The molecule has 1 heterocycles. The highest BCUT2D eigenvalue weighted by Crippen LogP contribution is 2.22. The predicted molar refractivity (Wildman–Crippen MR) is 56.3 cm³/mol. The smallest absolute Gasteiger partial charge is 0.382 e. The minimum atomic E-state index is -4.84. The summed E-state index contributed by atoms with van der Waals surface area (Å²) in [7, 11) is -3.99. The number of aliphatic hydroxyl groups is 1. The van der Waals surface area contributed by atoms with Crippen LogP contribution in [-0.2, 0) is 10.0 Å². The average Bonchev–Trinajstić information content (AvgIpc) is 2.60. The molecular weight excluding hydrogens is 279 g/mol. The van der Waals surface area contributed by atoms with Crippen molar-refractivity contribution in [3.63, 3.8) is 0 Å². The number of hydrogen-bond donors (Lipinski definition) is 2. The lowest BCUT2D eigenvalue weighted by Gasteiger charge is -2.14. The van der Waals surface area contributed by atoms with E-state index in [1.807, 2.05) is 0 Å². The maximum atomic E-state index is 11.9. The van der Waals surface area contributed by atoms with Gasteiger partial charge in [0.1, 0.15) is 4.21 Å². The fraction of sp³-hybridized carbons (Fsp3) is 0.500. The molecule has 9 heteroatoms. The summed E-state index contributed by atoms with van der Waals surface area (Å²) in [6.45, 7) is 0.580. The van der Waals surface area contributed by atoms with E-state index in [9.17, 15) is 21.6 Å². The van der Waals surface area contributed by atoms with Crippen molar-refractivity contribution in [1.82, 2.24) is 4.72 Å². The molecule has 0 bridgehead atoms. The summed E-state index contributed by atoms with van der Waals surface area (Å²) in [4.78, 5) is 0.724. The molecule has 98 valence electrons. The lowest BCUT2D eigenvalue weighted by atomic mass is 10.4. The van der Waals surface area contributed by atoms with E-state index in [-0.39, 0.29) is 4.21 Å². The van der Waals surface area contributed by atoms with Crippen LogP contribution in [0, 0.1) is 6.92 Å². The van der Waals surface area contributed by atoms with Crippen LogP contribution in [-0.4, -0.2) is 32.3 Å². The number of halogens is 3. The van der Waals surface area contributed by atoms with Gasteiger partial charge in [0.05, 0.1) is 0 Å². The van der Waals surface area contributed by atoms with Crippen molar-refractivity contribution in [2.45, 2.75) is 23.4 Å². The third-order valence-electron chi connectivity index (χ3n) is 1.83. The Morgan fingerprint density at radius 1 is 1.47 bits per heavy atom. The third-order valence-corrected chi connectivity index (χ3v) is 4.74. The van der Waals surface area contributed by atoms with Crippen LogP contribution < -0.4 is 4.72 Å². The molecule has 0 amide bonds. The summed E-state index contributed by atoms with van der Waals surface area (Å²) in [6.07, 6.45) is -7.55. The van der Waals surface area contributed by atoms with E-state index in [4.69, 9.17) is 5.11 Å². The van der Waals surface area contributed by atoms with Crippen molar-refractivity contribution in [2.24, 2.45) is 0 Å². The first-order chi connectivity index (χ1) is 7.63. The molecule has 0 saturated heterocycles. The number of thiophene rings is 1. The molecule has 0 radical (unpaired) electrons. The fourth-order valence-electron chi connectivity index (χ4n) is 0.932. The summed E-state index contributed by atoms with van der Waals surface area (Å²) in [5, 5.41) is 8.65. The molecule has 1 atom stereocenters. The summed E-state index contributed by atoms with van der Waals surface area (Å²) in [5.41, 5.74) is 0. The van der Waals surface area contributed by atoms with Crippen molar-refractivity contribution in [1.29, 1.82) is 0 Å². The SMILES string of the molecule is Cc1ccc(S(=O)(=O)NCC(O)C(F)(F)F)s1. The third kappa shape index (κ3) is 3.95. The number of rotatable bonds is 4. The summed E-state index contributed by atoms with van der Waals surface area (Å²) >= 11 is 0.940. The maximum Gasteiger partial charge on any atom is 0.415 e. The first-order valence-corrected chi connectivity index (χ1v) is 6.74. The van der Waals surface area contributed by atoms with Gasteiger partial charge in [-0.25, -0.2) is 13.1 Å². The van der Waals surface area contributed by atoms with E-state index in [1.165, 1.54) is 6.07 Å². The molecular formula is C8H10F3NO3S2. The first kappa shape index (κ1) is 14.4. The highest BCUT2D eigenvalue weighted by Gasteiger charge is 2.38. The van der Waals surface area contributed by atoms with Crippen LogP contribution in [0.3, 0.4) is 0 Å². The maximum absolute atomic E-state index is 11.9. The Morgan fingerprint density at radius 3 is 2.47 bits per heavy atom. The van der Waals surface area contributed by atoms with Gasteiger partial charge in [-0.1, -0.05) is 0 Å². The van der Waals surface area contributed by atoms with Crippen LogP contribution in [0.5, 0.6) is 0 Å². The Kier molecular flexibility index (Phi) is 4.18. The van der Waals surface area contributed by atoms with Gasteiger partial charge in [0.2, 0.25) is 10.0 Å². The lowest BCUT2D eigenvalue weighted by molar-refractivity contribution is -0.200. The van der Waals surface area contributed by atoms with Gasteiger partial charge in [-0.3, -0.25) is 0 Å². The molecule has 0 spiro atoms. The van der Waals surface area contributed by atoms with Gasteiger partial charge in [0.25, 0.3) is 0 Å². The van der Waals surface area contributed by atoms with Crippen LogP contribution in [0.15, 0.2) is 16.3 Å². The molecule has 0 saturated carbocycles. The van der Waals surface area contributed by atoms with Gasteiger partial charge in [0, 0.05) is 11.4 Å². The van der Waals surface area contributed by atoms with E-state index >= 15 is 0 Å². The Morgan fingerprint density at radius 2 is 2.06 bits per heavy atom. The van der Waals surface area contributed by atoms with Gasteiger partial charge < -0.3 is 5.11 Å². The highest BCUT2D eigenvalue weighted by molar-refractivity contribution is 7.91. The molecule has 0 aliphatic rings. The molecule has 17 heavy (non-hydrogen) atoms. The van der Waals surface area contributed by atoms with Gasteiger partial charge in [-0.2, -0.15) is 13.2 Å². The molecule has 0 aliphatic carbocycles. The monoisotopic (exact) mass is 289 g/mol. The zero-order valence-corrected chi connectivity index (χ0v) is 10.3. The number of hydrogen-bond acceptors (Lipinski definition) is 4. The summed E-state index contributed by atoms with van der Waals surface area (Å²) < 4.78 is 60.5. The highest BCUT2D eigenvalue weighted by atomic mass is 32.2. The molecule has 0 fully saturated rings. The minimum absolute atomic E-state index is 0.0793. The molecule has 1 aromatic rings. The predicted octanol–water partition coefficient (Wildman–Crippen LogP) is 1.26. The molecule has 1 aromatic heterocycles. The van der Waals surface area contributed by atoms with Crippen LogP contribution in [0.2, 0.25) is 0 Å². The number of nitrogens with one attached hydrogen (secondary N) is 1. The zero-order chi connectivity index (χ0) is 13.3. The van der Waals surface area contributed by atoms with Crippen LogP contribution in [0.4, 0.5) is 13.2 Å². The molecule has 1 unspecified atom stereocenters. The number of aryl methyl sites for hydroxylation is 1. The quantitative estimate of drug-likeness (QED) is 0.877. The van der Waals surface area contributed by atoms with E-state index in [0.29, 0.717) is 0 Å². The Bertz CT molecular complexity index is 480. The fourth-order valence-corrected chi connectivity index (χ4v) is 3.30. The molecule has 0 aliphatic heterocycles. The Balaban J connectivity index is 2.69.